The fourth-order valence-corrected chi connectivity index (χ4v) is 1.34. The molecule has 1 aliphatic rings. The normalized spacial score (nSPS) is 23.8. The van der Waals surface area contributed by atoms with Crippen LogP contribution in [-0.2, 0) is 9.59 Å². The number of hydrogen-bond acceptors (Lipinski definition) is 3. The zero-order valence-corrected chi connectivity index (χ0v) is 7.04. The van der Waals surface area contributed by atoms with E-state index in [4.69, 9.17) is 5.73 Å². The molecule has 1 fully saturated rings. The van der Waals surface area contributed by atoms with Gasteiger partial charge in [0.05, 0.1) is 0 Å². The number of amides is 2. The maximum atomic E-state index is 11.0. The molecule has 3 N–H and O–H groups in total. The molecule has 0 bridgehead atoms. The van der Waals surface area contributed by atoms with Crippen LogP contribution in [-0.4, -0.2) is 42.4 Å². The van der Waals surface area contributed by atoms with Crippen LogP contribution in [0.25, 0.3) is 0 Å². The summed E-state index contributed by atoms with van der Waals surface area (Å²) in [5.74, 6) is -0.544. The number of hydrogen-bond donors (Lipinski definition) is 2. The van der Waals surface area contributed by atoms with Crippen LogP contribution in [0, 0.1) is 0 Å². The minimum absolute atomic E-state index is 0.0969. The molecule has 1 rings (SSSR count). The van der Waals surface area contributed by atoms with Crippen LogP contribution in [0.15, 0.2) is 0 Å². The van der Waals surface area contributed by atoms with Gasteiger partial charge >= 0.3 is 0 Å². The summed E-state index contributed by atoms with van der Waals surface area (Å²) in [5.41, 5.74) is 5.12. The Bertz CT molecular complexity index is 183. The fourth-order valence-electron chi connectivity index (χ4n) is 1.34. The van der Waals surface area contributed by atoms with E-state index < -0.39 is 11.9 Å². The molecule has 5 heteroatoms. The lowest BCUT2D eigenvalue weighted by Crippen LogP contribution is -2.58. The van der Waals surface area contributed by atoms with Gasteiger partial charge in [0.25, 0.3) is 0 Å². The van der Waals surface area contributed by atoms with Crippen molar-refractivity contribution in [1.82, 2.24) is 10.2 Å². The van der Waals surface area contributed by atoms with E-state index in [9.17, 15) is 9.59 Å². The lowest BCUT2D eigenvalue weighted by atomic mass is 10.2. The molecular formula is C7H13N3O2. The van der Waals surface area contributed by atoms with E-state index in [-0.39, 0.29) is 5.91 Å². The summed E-state index contributed by atoms with van der Waals surface area (Å²) in [6.07, 6.45) is 0. The molecule has 0 aromatic heterocycles. The van der Waals surface area contributed by atoms with Gasteiger partial charge in [-0.1, -0.05) is 0 Å². The predicted molar refractivity (Wildman–Crippen MR) is 43.2 cm³/mol. The third-order valence-corrected chi connectivity index (χ3v) is 1.98. The monoisotopic (exact) mass is 171 g/mol. The van der Waals surface area contributed by atoms with Crippen molar-refractivity contribution in [2.75, 3.05) is 19.6 Å². The molecule has 68 valence electrons. The van der Waals surface area contributed by atoms with Gasteiger partial charge in [-0.2, -0.15) is 0 Å². The third-order valence-electron chi connectivity index (χ3n) is 1.98. The smallest absolute Gasteiger partial charge is 0.241 e. The van der Waals surface area contributed by atoms with E-state index >= 15 is 0 Å². The largest absolute Gasteiger partial charge is 0.368 e. The quantitative estimate of drug-likeness (QED) is 0.493. The Morgan fingerprint density at radius 2 is 2.25 bits per heavy atom. The zero-order valence-electron chi connectivity index (χ0n) is 7.04. The van der Waals surface area contributed by atoms with Crippen LogP contribution in [0.4, 0.5) is 0 Å². The summed E-state index contributed by atoms with van der Waals surface area (Å²) >= 11 is 0. The highest BCUT2D eigenvalue weighted by molar-refractivity contribution is 5.86. The number of rotatable bonds is 1. The van der Waals surface area contributed by atoms with Gasteiger partial charge in [-0.3, -0.25) is 9.59 Å². The number of carbonyl (C=O) groups is 2. The maximum Gasteiger partial charge on any atom is 0.241 e. The molecule has 1 unspecified atom stereocenters. The zero-order chi connectivity index (χ0) is 9.14. The van der Waals surface area contributed by atoms with E-state index in [0.29, 0.717) is 13.1 Å². The highest BCUT2D eigenvalue weighted by Gasteiger charge is 2.28. The number of nitrogens with one attached hydrogen (secondary N) is 1. The van der Waals surface area contributed by atoms with Crippen molar-refractivity contribution in [2.24, 2.45) is 5.73 Å². The molecular weight excluding hydrogens is 158 g/mol. The summed E-state index contributed by atoms with van der Waals surface area (Å²) < 4.78 is 0. The van der Waals surface area contributed by atoms with E-state index in [1.54, 1.807) is 0 Å². The van der Waals surface area contributed by atoms with Crippen LogP contribution in [0.1, 0.15) is 6.92 Å². The van der Waals surface area contributed by atoms with Gasteiger partial charge in [0.1, 0.15) is 6.04 Å². The molecule has 0 aromatic rings. The van der Waals surface area contributed by atoms with Gasteiger partial charge in [-0.15, -0.1) is 0 Å². The molecule has 2 amide bonds. The molecule has 1 saturated heterocycles. The molecule has 1 heterocycles. The molecule has 1 atom stereocenters. The first kappa shape index (κ1) is 8.99. The summed E-state index contributed by atoms with van der Waals surface area (Å²) in [6.45, 7) is 3.20. The molecule has 0 radical (unpaired) electrons. The van der Waals surface area contributed by atoms with Gasteiger partial charge in [-0.05, 0) is 0 Å². The van der Waals surface area contributed by atoms with Crippen molar-refractivity contribution in [2.45, 2.75) is 13.0 Å². The van der Waals surface area contributed by atoms with E-state index in [1.807, 2.05) is 0 Å². The van der Waals surface area contributed by atoms with Gasteiger partial charge < -0.3 is 16.0 Å². The predicted octanol–water partition coefficient (Wildman–Crippen LogP) is -1.71. The Hall–Kier alpha value is -1.10. The van der Waals surface area contributed by atoms with Crippen molar-refractivity contribution < 1.29 is 9.59 Å². The average molecular weight is 171 g/mol. The minimum Gasteiger partial charge on any atom is -0.368 e. The van der Waals surface area contributed by atoms with E-state index in [0.717, 1.165) is 6.54 Å². The second kappa shape index (κ2) is 3.53. The minimum atomic E-state index is -0.476. The van der Waals surface area contributed by atoms with Crippen LogP contribution in [0.5, 0.6) is 0 Å². The van der Waals surface area contributed by atoms with Gasteiger partial charge in [0, 0.05) is 26.6 Å². The van der Waals surface area contributed by atoms with Crippen LogP contribution in [0.3, 0.4) is 0 Å². The van der Waals surface area contributed by atoms with Gasteiger partial charge in [0.15, 0.2) is 0 Å². The highest BCUT2D eigenvalue weighted by atomic mass is 16.2. The summed E-state index contributed by atoms with van der Waals surface area (Å²) in [7, 11) is 0. The molecule has 0 saturated carbocycles. The van der Waals surface area contributed by atoms with Crippen molar-refractivity contribution in [3.8, 4) is 0 Å². The maximum absolute atomic E-state index is 11.0. The van der Waals surface area contributed by atoms with Crippen molar-refractivity contribution >= 4 is 11.8 Å². The summed E-state index contributed by atoms with van der Waals surface area (Å²) in [6, 6.07) is -0.476. The molecule has 0 aromatic carbocycles. The lowest BCUT2D eigenvalue weighted by Gasteiger charge is -2.33. The van der Waals surface area contributed by atoms with E-state index in [1.165, 1.54) is 11.8 Å². The Morgan fingerprint density at radius 1 is 1.58 bits per heavy atom. The van der Waals surface area contributed by atoms with Gasteiger partial charge in [-0.25, -0.2) is 0 Å². The number of nitrogens with two attached hydrogens (primary N) is 1. The molecule has 12 heavy (non-hydrogen) atoms. The number of nitrogens with zero attached hydrogens (tertiary/aromatic N) is 1. The van der Waals surface area contributed by atoms with Crippen molar-refractivity contribution in [1.29, 1.82) is 0 Å². The topological polar surface area (TPSA) is 75.4 Å². The molecule has 0 spiro atoms. The van der Waals surface area contributed by atoms with Gasteiger partial charge in [0.2, 0.25) is 11.8 Å². The molecule has 5 nitrogen and oxygen atoms in total. The first-order valence-electron chi connectivity index (χ1n) is 3.90. The SMILES string of the molecule is CC(=O)N1CCNCC1C(N)=O. The standard InChI is InChI=1S/C7H13N3O2/c1-5(11)10-3-2-9-4-6(10)7(8)12/h6,9H,2-4H2,1H3,(H2,8,12). The Labute approximate surface area is 70.9 Å². The Balaban J connectivity index is 2.67. The lowest BCUT2D eigenvalue weighted by molar-refractivity contribution is -0.138. The summed E-state index contributed by atoms with van der Waals surface area (Å²) in [4.78, 5) is 23.4. The molecule has 0 aliphatic carbocycles. The van der Waals surface area contributed by atoms with Crippen LogP contribution in [0.2, 0.25) is 0 Å². The first-order valence-corrected chi connectivity index (χ1v) is 3.90. The number of carbonyl (C=O) groups excluding carboxylic acids is 2. The summed E-state index contributed by atoms with van der Waals surface area (Å²) in [5, 5.41) is 3.01. The highest BCUT2D eigenvalue weighted by Crippen LogP contribution is 2.02. The van der Waals surface area contributed by atoms with Crippen molar-refractivity contribution in [3.05, 3.63) is 0 Å². The average Bonchev–Trinajstić information content (AvgIpc) is 2.04. The second-order valence-electron chi connectivity index (χ2n) is 2.83. The Morgan fingerprint density at radius 3 is 2.67 bits per heavy atom. The number of primary amides is 1. The molecule has 1 aliphatic heterocycles. The van der Waals surface area contributed by atoms with E-state index in [2.05, 4.69) is 5.32 Å². The first-order chi connectivity index (χ1) is 5.63. The second-order valence-corrected chi connectivity index (χ2v) is 2.83. The van der Waals surface area contributed by atoms with Crippen LogP contribution < -0.4 is 11.1 Å². The third kappa shape index (κ3) is 1.73. The Kier molecular flexibility index (Phi) is 2.65. The van der Waals surface area contributed by atoms with Crippen molar-refractivity contribution in [3.63, 3.8) is 0 Å². The number of piperazine rings is 1. The fraction of sp³-hybridized carbons (Fsp3) is 0.714. The van der Waals surface area contributed by atoms with Crippen LogP contribution >= 0.6 is 0 Å².